The van der Waals surface area contributed by atoms with Crippen molar-refractivity contribution in [3.63, 3.8) is 0 Å². The molecular formula is C13H19N5O. The van der Waals surface area contributed by atoms with Crippen LogP contribution < -0.4 is 11.1 Å². The number of pyridine rings is 1. The summed E-state index contributed by atoms with van der Waals surface area (Å²) in [5.74, 6) is 0.785. The molecule has 6 nitrogen and oxygen atoms in total. The molecule has 0 unspecified atom stereocenters. The molecule has 4 N–H and O–H groups in total. The van der Waals surface area contributed by atoms with Gasteiger partial charge in [-0.05, 0) is 25.5 Å². The van der Waals surface area contributed by atoms with E-state index in [2.05, 4.69) is 27.2 Å². The molecule has 6 heteroatoms. The van der Waals surface area contributed by atoms with Gasteiger partial charge in [-0.1, -0.05) is 13.3 Å². The Bertz CT molecular complexity index is 572. The van der Waals surface area contributed by atoms with Gasteiger partial charge in [0, 0.05) is 5.69 Å². The lowest BCUT2D eigenvalue weighted by atomic mass is 10.2. The van der Waals surface area contributed by atoms with E-state index < -0.39 is 0 Å². The minimum atomic E-state index is -0.0511. The summed E-state index contributed by atoms with van der Waals surface area (Å²) in [6, 6.07) is 3.70. The third-order valence-corrected chi connectivity index (χ3v) is 2.90. The molecule has 102 valence electrons. The molecule has 0 aliphatic rings. The minimum Gasteiger partial charge on any atom is -0.394 e. The van der Waals surface area contributed by atoms with Gasteiger partial charge in [-0.3, -0.25) is 0 Å². The number of nitrogens with two attached hydrogens (primary N) is 1. The maximum Gasteiger partial charge on any atom is 0.222 e. The number of aliphatic hydroxyl groups excluding tert-OH is 1. The summed E-state index contributed by atoms with van der Waals surface area (Å²) in [5.41, 5.74) is 7.98. The van der Waals surface area contributed by atoms with Gasteiger partial charge in [0.05, 0.1) is 18.2 Å². The van der Waals surface area contributed by atoms with Gasteiger partial charge in [0.1, 0.15) is 5.52 Å². The number of rotatable bonds is 5. The van der Waals surface area contributed by atoms with Crippen molar-refractivity contribution in [2.45, 2.75) is 32.7 Å². The summed E-state index contributed by atoms with van der Waals surface area (Å²) in [5, 5.41) is 12.6. The highest BCUT2D eigenvalue weighted by atomic mass is 16.3. The Hall–Kier alpha value is -1.95. The molecule has 0 fully saturated rings. The summed E-state index contributed by atoms with van der Waals surface area (Å²) in [7, 11) is 0. The Morgan fingerprint density at radius 2 is 2.11 bits per heavy atom. The van der Waals surface area contributed by atoms with Crippen molar-refractivity contribution in [3.8, 4) is 0 Å². The summed E-state index contributed by atoms with van der Waals surface area (Å²) in [4.78, 5) is 12.8. The first-order valence-corrected chi connectivity index (χ1v) is 6.42. The Labute approximate surface area is 112 Å². The molecule has 2 aromatic rings. The summed E-state index contributed by atoms with van der Waals surface area (Å²) in [6.07, 6.45) is 1.83. The van der Waals surface area contributed by atoms with Gasteiger partial charge in [-0.2, -0.15) is 4.98 Å². The van der Waals surface area contributed by atoms with Crippen LogP contribution in [0.2, 0.25) is 0 Å². The standard InChI is InChI=1S/C13H19N5O/c1-3-4-9(7-19)16-12-11-10(17-13(14)18-12)6-5-8(2)15-11/h5-6,9,19H,3-4,7H2,1-2H3,(H3,14,16,17,18)/t9-/m1/s1. The van der Waals surface area contributed by atoms with E-state index in [9.17, 15) is 5.11 Å². The fourth-order valence-electron chi connectivity index (χ4n) is 1.98. The molecule has 0 aliphatic carbocycles. The molecule has 0 saturated heterocycles. The van der Waals surface area contributed by atoms with Gasteiger partial charge in [0.2, 0.25) is 5.95 Å². The van der Waals surface area contributed by atoms with Crippen molar-refractivity contribution in [3.05, 3.63) is 17.8 Å². The molecule has 0 aromatic carbocycles. The number of aromatic nitrogens is 3. The van der Waals surface area contributed by atoms with Gasteiger partial charge in [0.25, 0.3) is 0 Å². The highest BCUT2D eigenvalue weighted by molar-refractivity contribution is 5.86. The van der Waals surface area contributed by atoms with E-state index in [1.807, 2.05) is 19.1 Å². The van der Waals surface area contributed by atoms with Crippen LogP contribution in [-0.4, -0.2) is 32.7 Å². The van der Waals surface area contributed by atoms with Crippen LogP contribution in [-0.2, 0) is 0 Å². The number of nitrogens with zero attached hydrogens (tertiary/aromatic N) is 3. The third-order valence-electron chi connectivity index (χ3n) is 2.90. The van der Waals surface area contributed by atoms with Crippen LogP contribution in [0, 0.1) is 6.92 Å². The number of aryl methyl sites for hydroxylation is 1. The molecule has 19 heavy (non-hydrogen) atoms. The van der Waals surface area contributed by atoms with Crippen LogP contribution in [0.3, 0.4) is 0 Å². The van der Waals surface area contributed by atoms with Crippen molar-refractivity contribution in [1.29, 1.82) is 0 Å². The molecule has 2 aromatic heterocycles. The lowest BCUT2D eigenvalue weighted by Crippen LogP contribution is -2.24. The number of fused-ring (bicyclic) bond motifs is 1. The second-order valence-electron chi connectivity index (χ2n) is 4.56. The zero-order chi connectivity index (χ0) is 13.8. The fourth-order valence-corrected chi connectivity index (χ4v) is 1.98. The van der Waals surface area contributed by atoms with Crippen LogP contribution >= 0.6 is 0 Å². The van der Waals surface area contributed by atoms with Crippen molar-refractivity contribution in [2.24, 2.45) is 0 Å². The summed E-state index contributed by atoms with van der Waals surface area (Å²) >= 11 is 0. The predicted octanol–water partition coefficient (Wildman–Crippen LogP) is 1.49. The second-order valence-corrected chi connectivity index (χ2v) is 4.56. The van der Waals surface area contributed by atoms with Crippen LogP contribution in [0.5, 0.6) is 0 Å². The zero-order valence-corrected chi connectivity index (χ0v) is 11.2. The molecule has 2 heterocycles. The van der Waals surface area contributed by atoms with E-state index in [4.69, 9.17) is 5.73 Å². The molecule has 1 atom stereocenters. The van der Waals surface area contributed by atoms with Crippen LogP contribution in [0.15, 0.2) is 12.1 Å². The Morgan fingerprint density at radius 1 is 1.32 bits per heavy atom. The van der Waals surface area contributed by atoms with Crippen molar-refractivity contribution in [2.75, 3.05) is 17.7 Å². The molecule has 0 aliphatic heterocycles. The maximum absolute atomic E-state index is 9.36. The quantitative estimate of drug-likeness (QED) is 0.754. The molecule has 0 saturated carbocycles. The van der Waals surface area contributed by atoms with Gasteiger partial charge in [-0.25, -0.2) is 9.97 Å². The topological polar surface area (TPSA) is 97.0 Å². The second kappa shape index (κ2) is 5.79. The van der Waals surface area contributed by atoms with Gasteiger partial charge >= 0.3 is 0 Å². The summed E-state index contributed by atoms with van der Waals surface area (Å²) in [6.45, 7) is 4.03. The molecule has 0 spiro atoms. The molecular weight excluding hydrogens is 242 g/mol. The largest absolute Gasteiger partial charge is 0.394 e. The smallest absolute Gasteiger partial charge is 0.222 e. The first-order valence-electron chi connectivity index (χ1n) is 6.42. The monoisotopic (exact) mass is 261 g/mol. The lowest BCUT2D eigenvalue weighted by molar-refractivity contribution is 0.268. The van der Waals surface area contributed by atoms with E-state index in [0.29, 0.717) is 16.9 Å². The Kier molecular flexibility index (Phi) is 4.11. The number of aliphatic hydroxyl groups is 1. The van der Waals surface area contributed by atoms with Crippen molar-refractivity contribution in [1.82, 2.24) is 15.0 Å². The summed E-state index contributed by atoms with van der Waals surface area (Å²) < 4.78 is 0. The number of hydrogen-bond donors (Lipinski definition) is 3. The van der Waals surface area contributed by atoms with Crippen LogP contribution in [0.25, 0.3) is 11.0 Å². The fraction of sp³-hybridized carbons (Fsp3) is 0.462. The third kappa shape index (κ3) is 3.08. The average Bonchev–Trinajstić information content (AvgIpc) is 2.39. The number of nitrogen functional groups attached to an aromatic ring is 1. The van der Waals surface area contributed by atoms with Crippen LogP contribution in [0.1, 0.15) is 25.5 Å². The van der Waals surface area contributed by atoms with E-state index in [1.54, 1.807) is 0 Å². The highest BCUT2D eigenvalue weighted by Gasteiger charge is 2.12. The molecule has 0 radical (unpaired) electrons. The zero-order valence-electron chi connectivity index (χ0n) is 11.2. The van der Waals surface area contributed by atoms with Crippen molar-refractivity contribution >= 4 is 22.8 Å². The SMILES string of the molecule is CCC[C@H](CO)Nc1nc(N)nc2ccc(C)nc12. The molecule has 0 amide bonds. The molecule has 0 bridgehead atoms. The minimum absolute atomic E-state index is 0.0467. The van der Waals surface area contributed by atoms with Gasteiger partial charge in [-0.15, -0.1) is 0 Å². The first kappa shape index (κ1) is 13.5. The average molecular weight is 261 g/mol. The van der Waals surface area contributed by atoms with Crippen molar-refractivity contribution < 1.29 is 5.11 Å². The first-order chi connectivity index (χ1) is 9.13. The maximum atomic E-state index is 9.36. The number of nitrogens with one attached hydrogen (secondary N) is 1. The normalized spacial score (nSPS) is 12.6. The van der Waals surface area contributed by atoms with Gasteiger partial charge in [0.15, 0.2) is 5.82 Å². The predicted molar refractivity (Wildman–Crippen MR) is 75.9 cm³/mol. The van der Waals surface area contributed by atoms with E-state index in [0.717, 1.165) is 18.5 Å². The van der Waals surface area contributed by atoms with E-state index >= 15 is 0 Å². The van der Waals surface area contributed by atoms with Gasteiger partial charge < -0.3 is 16.2 Å². The van der Waals surface area contributed by atoms with Crippen LogP contribution in [0.4, 0.5) is 11.8 Å². The van der Waals surface area contributed by atoms with E-state index in [-0.39, 0.29) is 18.6 Å². The Balaban J connectivity index is 2.43. The van der Waals surface area contributed by atoms with E-state index in [1.165, 1.54) is 0 Å². The number of anilines is 2. The Morgan fingerprint density at radius 3 is 2.79 bits per heavy atom. The lowest BCUT2D eigenvalue weighted by Gasteiger charge is -2.17. The molecule has 2 rings (SSSR count). The highest BCUT2D eigenvalue weighted by Crippen LogP contribution is 2.20. The number of hydrogen-bond acceptors (Lipinski definition) is 6.